The van der Waals surface area contributed by atoms with Gasteiger partial charge in [0.25, 0.3) is 0 Å². The molecule has 0 aliphatic carbocycles. The molecule has 0 amide bonds. The van der Waals surface area contributed by atoms with Crippen LogP contribution in [0.1, 0.15) is 11.8 Å². The maximum atomic E-state index is 13.0. The number of alkyl halides is 3. The number of hydrogen-bond donors (Lipinski definition) is 7. The number of nitrogens with zero attached hydrogens (tertiary/aromatic N) is 2. The summed E-state index contributed by atoms with van der Waals surface area (Å²) < 4.78 is 88.8. The lowest BCUT2D eigenvalue weighted by molar-refractivity contribution is -0.138. The number of hydrogen-bond acceptors (Lipinski definition) is 12. The second-order valence-electron chi connectivity index (χ2n) is 6.16. The summed E-state index contributed by atoms with van der Waals surface area (Å²) >= 11 is 0. The highest BCUT2D eigenvalue weighted by molar-refractivity contribution is 7.66. The molecule has 0 saturated carbocycles. The molecule has 1 fully saturated rings. The standard InChI is InChI=1S/C10H15F3N3O14P3/c11-10(12,13)3-1-16(9(19)15-7(3)14)8-6(18)5(17)4(28-8)2-27-32(23,24)30-33(25,26)29-31(20,21)22/h1,4-6,8,17-18H,2H2,(H,23,24)(H,25,26)(H2,14,15,19)(H2,20,21,22)/t4-,5-,6-,8-/m1/s1. The SMILES string of the molecule is Nc1nc(=O)n([C@@H]2O[C@H](COP(=O)(O)OP(=O)(O)OP(=O)(O)O)[C@@H](O)[C@H]2O)cc1C(F)(F)F. The van der Waals surface area contributed by atoms with Crippen molar-refractivity contribution < 1.29 is 74.5 Å². The van der Waals surface area contributed by atoms with E-state index in [1.54, 1.807) is 0 Å². The van der Waals surface area contributed by atoms with Crippen molar-refractivity contribution in [2.45, 2.75) is 30.7 Å². The molecule has 6 atom stereocenters. The van der Waals surface area contributed by atoms with Crippen LogP contribution in [0.5, 0.6) is 0 Å². The molecule has 1 aliphatic rings. The van der Waals surface area contributed by atoms with E-state index >= 15 is 0 Å². The molecule has 1 saturated heterocycles. The van der Waals surface area contributed by atoms with Gasteiger partial charge in [0.05, 0.1) is 6.61 Å². The fraction of sp³-hybridized carbons (Fsp3) is 0.600. The average Bonchev–Trinajstić information content (AvgIpc) is 2.84. The van der Waals surface area contributed by atoms with Crippen molar-refractivity contribution in [1.82, 2.24) is 9.55 Å². The molecule has 0 aromatic carbocycles. The first kappa shape index (κ1) is 28.0. The largest absolute Gasteiger partial charge is 0.490 e. The number of anilines is 1. The molecular weight excluding hydrogens is 536 g/mol. The fourth-order valence-corrected chi connectivity index (χ4v) is 5.48. The number of nitrogens with two attached hydrogens (primary N) is 1. The Bertz CT molecular complexity index is 1090. The molecule has 1 aliphatic heterocycles. The minimum absolute atomic E-state index is 0.137. The zero-order valence-electron chi connectivity index (χ0n) is 15.5. The molecule has 2 unspecified atom stereocenters. The molecule has 2 rings (SSSR count). The van der Waals surface area contributed by atoms with Crippen molar-refractivity contribution in [3.63, 3.8) is 0 Å². The first-order chi connectivity index (χ1) is 14.7. The van der Waals surface area contributed by atoms with Gasteiger partial charge < -0.3 is 40.3 Å². The summed E-state index contributed by atoms with van der Waals surface area (Å²) in [6, 6.07) is 0. The van der Waals surface area contributed by atoms with E-state index in [0.29, 0.717) is 0 Å². The van der Waals surface area contributed by atoms with Gasteiger partial charge in [-0.1, -0.05) is 0 Å². The van der Waals surface area contributed by atoms with E-state index in [1.165, 1.54) is 0 Å². The van der Waals surface area contributed by atoms with Gasteiger partial charge in [0.1, 0.15) is 29.7 Å². The monoisotopic (exact) mass is 551 g/mol. The molecule has 17 nitrogen and oxygen atoms in total. The van der Waals surface area contributed by atoms with Gasteiger partial charge >= 0.3 is 35.3 Å². The number of nitrogen functional groups attached to an aromatic ring is 1. The molecule has 190 valence electrons. The van der Waals surface area contributed by atoms with Crippen LogP contribution in [-0.4, -0.2) is 64.3 Å². The second-order valence-corrected chi connectivity index (χ2v) is 10.6. The molecule has 23 heteroatoms. The van der Waals surface area contributed by atoms with E-state index in [0.717, 1.165) is 0 Å². The summed E-state index contributed by atoms with van der Waals surface area (Å²) in [6.07, 6.45) is -12.9. The summed E-state index contributed by atoms with van der Waals surface area (Å²) in [4.78, 5) is 50.2. The zero-order chi connectivity index (χ0) is 25.6. The van der Waals surface area contributed by atoms with Crippen molar-refractivity contribution in [1.29, 1.82) is 0 Å². The van der Waals surface area contributed by atoms with E-state index in [1.807, 2.05) is 0 Å². The van der Waals surface area contributed by atoms with Crippen LogP contribution in [0.25, 0.3) is 0 Å². The van der Waals surface area contributed by atoms with E-state index in [-0.39, 0.29) is 10.8 Å². The van der Waals surface area contributed by atoms with Crippen LogP contribution in [0, 0.1) is 0 Å². The Labute approximate surface area is 179 Å². The van der Waals surface area contributed by atoms with Crippen LogP contribution in [-0.2, 0) is 37.8 Å². The first-order valence-electron chi connectivity index (χ1n) is 7.98. The number of rotatable bonds is 8. The zero-order valence-corrected chi connectivity index (χ0v) is 18.2. The number of phosphoric acid groups is 3. The summed E-state index contributed by atoms with van der Waals surface area (Å²) in [5, 5.41) is 20.0. The molecule has 33 heavy (non-hydrogen) atoms. The van der Waals surface area contributed by atoms with Crippen LogP contribution in [0.3, 0.4) is 0 Å². The van der Waals surface area contributed by atoms with E-state index < -0.39 is 77.9 Å². The number of halogens is 3. The Morgan fingerprint density at radius 2 is 1.67 bits per heavy atom. The Hall–Kier alpha value is -1.24. The van der Waals surface area contributed by atoms with Crippen LogP contribution in [0.2, 0.25) is 0 Å². The smallest absolute Gasteiger partial charge is 0.387 e. The van der Waals surface area contributed by atoms with Gasteiger partial charge in [-0.25, -0.2) is 18.5 Å². The highest BCUT2D eigenvalue weighted by Crippen LogP contribution is 2.66. The first-order valence-corrected chi connectivity index (χ1v) is 12.5. The molecule has 2 heterocycles. The van der Waals surface area contributed by atoms with Gasteiger partial charge in [-0.3, -0.25) is 9.09 Å². The van der Waals surface area contributed by atoms with Crippen LogP contribution in [0.15, 0.2) is 11.0 Å². The van der Waals surface area contributed by atoms with Crippen molar-refractivity contribution >= 4 is 29.3 Å². The maximum absolute atomic E-state index is 13.0. The average molecular weight is 551 g/mol. The lowest BCUT2D eigenvalue weighted by Crippen LogP contribution is -2.37. The summed E-state index contributed by atoms with van der Waals surface area (Å²) in [5.74, 6) is -1.18. The van der Waals surface area contributed by atoms with E-state index in [4.69, 9.17) is 25.2 Å². The number of aliphatic hydroxyl groups is 2. The van der Waals surface area contributed by atoms with Gasteiger partial charge in [0.15, 0.2) is 6.23 Å². The molecule has 0 radical (unpaired) electrons. The van der Waals surface area contributed by atoms with Crippen molar-refractivity contribution in [2.24, 2.45) is 0 Å². The summed E-state index contributed by atoms with van der Waals surface area (Å²) in [5.41, 5.74) is 2.05. The predicted octanol–water partition coefficient (Wildman–Crippen LogP) is -1.19. The normalized spacial score (nSPS) is 27.8. The Morgan fingerprint density at radius 3 is 2.18 bits per heavy atom. The van der Waals surface area contributed by atoms with Gasteiger partial charge in [-0.2, -0.15) is 26.8 Å². The number of ether oxygens (including phenoxy) is 1. The van der Waals surface area contributed by atoms with Gasteiger partial charge in [-0.15, -0.1) is 0 Å². The molecule has 8 N–H and O–H groups in total. The molecule has 0 bridgehead atoms. The Morgan fingerprint density at radius 1 is 1.09 bits per heavy atom. The Balaban J connectivity index is 2.17. The van der Waals surface area contributed by atoms with Gasteiger partial charge in [0, 0.05) is 6.20 Å². The van der Waals surface area contributed by atoms with Gasteiger partial charge in [-0.05, 0) is 0 Å². The second kappa shape index (κ2) is 9.43. The van der Waals surface area contributed by atoms with Gasteiger partial charge in [0.2, 0.25) is 0 Å². The third-order valence-electron chi connectivity index (χ3n) is 3.72. The topological polar surface area (TPSA) is 270 Å². The van der Waals surface area contributed by atoms with Crippen LogP contribution < -0.4 is 11.4 Å². The number of aromatic nitrogens is 2. The molecular formula is C10H15F3N3O14P3. The van der Waals surface area contributed by atoms with Crippen molar-refractivity contribution in [3.8, 4) is 0 Å². The molecule has 1 aromatic heterocycles. The highest BCUT2D eigenvalue weighted by Gasteiger charge is 2.47. The van der Waals surface area contributed by atoms with Crippen LogP contribution in [0.4, 0.5) is 19.0 Å². The van der Waals surface area contributed by atoms with Crippen molar-refractivity contribution in [3.05, 3.63) is 22.2 Å². The minimum atomic E-state index is -5.84. The Kier molecular flexibility index (Phi) is 8.00. The number of phosphoric ester groups is 1. The van der Waals surface area contributed by atoms with E-state index in [2.05, 4.69) is 18.1 Å². The third kappa shape index (κ3) is 7.37. The fourth-order valence-electron chi connectivity index (χ4n) is 2.45. The number of aliphatic hydroxyl groups excluding tert-OH is 2. The summed E-state index contributed by atoms with van der Waals surface area (Å²) in [6.45, 7) is -1.25. The predicted molar refractivity (Wildman–Crippen MR) is 93.7 cm³/mol. The van der Waals surface area contributed by atoms with E-state index in [9.17, 15) is 46.8 Å². The quantitative estimate of drug-likeness (QED) is 0.187. The van der Waals surface area contributed by atoms with Crippen molar-refractivity contribution in [2.75, 3.05) is 12.3 Å². The highest BCUT2D eigenvalue weighted by atomic mass is 31.3. The summed E-state index contributed by atoms with van der Waals surface area (Å²) in [7, 11) is -17.1. The molecule has 0 spiro atoms. The lowest BCUT2D eigenvalue weighted by atomic mass is 10.1. The van der Waals surface area contributed by atoms with Crippen LogP contribution >= 0.6 is 23.5 Å². The molecule has 1 aromatic rings. The lowest BCUT2D eigenvalue weighted by Gasteiger charge is -2.20. The maximum Gasteiger partial charge on any atom is 0.490 e. The minimum Gasteiger partial charge on any atom is -0.387 e. The third-order valence-corrected chi connectivity index (χ3v) is 7.52.